The lowest BCUT2D eigenvalue weighted by molar-refractivity contribution is 0.401. The summed E-state index contributed by atoms with van der Waals surface area (Å²) in [6.07, 6.45) is 11.5. The first-order valence-corrected chi connectivity index (χ1v) is 7.33. The van der Waals surface area contributed by atoms with Crippen LogP contribution in [0.2, 0.25) is 0 Å². The highest BCUT2D eigenvalue weighted by Crippen LogP contribution is 2.34. The minimum Gasteiger partial charge on any atom is -0.0888 e. The average Bonchev–Trinajstić information content (AvgIpc) is 2.43. The minimum atomic E-state index is 0.780. The van der Waals surface area contributed by atoms with Crippen molar-refractivity contribution in [3.63, 3.8) is 0 Å². The van der Waals surface area contributed by atoms with Crippen molar-refractivity contribution in [3.8, 4) is 0 Å². The Morgan fingerprint density at radius 1 is 1.14 bits per heavy atom. The Hall–Kier alpha value is 0.480. The van der Waals surface area contributed by atoms with Gasteiger partial charge in [-0.15, -0.1) is 0 Å². The van der Waals surface area contributed by atoms with Gasteiger partial charge in [-0.25, -0.2) is 0 Å². The fourth-order valence-corrected chi connectivity index (χ4v) is 3.33. The molecule has 0 nitrogen and oxygen atoms in total. The topological polar surface area (TPSA) is 0 Å². The molecule has 84 valence electrons. The first kappa shape index (κ1) is 12.5. The maximum Gasteiger partial charge on any atom is 0.0171 e. The fourth-order valence-electron chi connectivity index (χ4n) is 2.80. The first-order valence-electron chi connectivity index (χ1n) is 6.42. The molecule has 1 rings (SSSR count). The summed E-state index contributed by atoms with van der Waals surface area (Å²) in [6, 6.07) is 0. The van der Waals surface area contributed by atoms with Crippen LogP contribution in [0.4, 0.5) is 0 Å². The second kappa shape index (κ2) is 6.87. The minimum absolute atomic E-state index is 0.780. The van der Waals surface area contributed by atoms with Crippen molar-refractivity contribution in [1.82, 2.24) is 0 Å². The molecule has 0 radical (unpaired) electrons. The number of hydrogen-bond acceptors (Lipinski definition) is 0. The van der Waals surface area contributed by atoms with Crippen LogP contribution in [-0.2, 0) is 0 Å². The van der Waals surface area contributed by atoms with E-state index in [1.807, 2.05) is 0 Å². The molecular weight excluding hydrogens is 236 g/mol. The van der Waals surface area contributed by atoms with Gasteiger partial charge in [0.25, 0.3) is 0 Å². The third-order valence-electron chi connectivity index (χ3n) is 3.73. The molecule has 0 N–H and O–H groups in total. The van der Waals surface area contributed by atoms with Gasteiger partial charge in [-0.3, -0.25) is 0 Å². The molecule has 1 aliphatic rings. The summed E-state index contributed by atoms with van der Waals surface area (Å²) in [7, 11) is 0. The normalized spacial score (nSPS) is 31.1. The Morgan fingerprint density at radius 2 is 1.93 bits per heavy atom. The van der Waals surface area contributed by atoms with E-state index in [9.17, 15) is 0 Å². The molecule has 1 saturated carbocycles. The van der Waals surface area contributed by atoms with Gasteiger partial charge in [0.1, 0.15) is 0 Å². The van der Waals surface area contributed by atoms with Crippen molar-refractivity contribution in [2.24, 2.45) is 11.8 Å². The summed E-state index contributed by atoms with van der Waals surface area (Å²) in [5.41, 5.74) is 0. The van der Waals surface area contributed by atoms with Crippen molar-refractivity contribution in [1.29, 1.82) is 0 Å². The zero-order valence-electron chi connectivity index (χ0n) is 9.77. The third-order valence-corrected chi connectivity index (χ3v) is 5.13. The third kappa shape index (κ3) is 3.92. The molecule has 0 bridgehead atoms. The van der Waals surface area contributed by atoms with E-state index in [1.165, 1.54) is 51.4 Å². The predicted molar refractivity (Wildman–Crippen MR) is 68.0 cm³/mol. The summed E-state index contributed by atoms with van der Waals surface area (Å²) in [5, 5.41) is 0. The van der Waals surface area contributed by atoms with E-state index in [1.54, 1.807) is 0 Å². The van der Waals surface area contributed by atoms with Crippen LogP contribution in [0.25, 0.3) is 0 Å². The molecule has 0 aromatic carbocycles. The Morgan fingerprint density at radius 3 is 2.57 bits per heavy atom. The molecular formula is C13H25Br. The van der Waals surface area contributed by atoms with Crippen LogP contribution in [0.15, 0.2) is 0 Å². The van der Waals surface area contributed by atoms with E-state index in [4.69, 9.17) is 0 Å². The molecule has 0 aliphatic heterocycles. The number of halogens is 1. The van der Waals surface area contributed by atoms with Gasteiger partial charge in [0.05, 0.1) is 0 Å². The monoisotopic (exact) mass is 260 g/mol. The van der Waals surface area contributed by atoms with E-state index in [0.29, 0.717) is 0 Å². The molecule has 1 heteroatoms. The molecule has 0 saturated heterocycles. The molecule has 1 fully saturated rings. The Balaban J connectivity index is 2.32. The van der Waals surface area contributed by atoms with E-state index < -0.39 is 0 Å². The zero-order valence-corrected chi connectivity index (χ0v) is 11.4. The zero-order chi connectivity index (χ0) is 10.4. The lowest BCUT2D eigenvalue weighted by Gasteiger charge is -2.19. The van der Waals surface area contributed by atoms with Crippen molar-refractivity contribution in [2.45, 2.75) is 70.0 Å². The Bertz CT molecular complexity index is 144. The van der Waals surface area contributed by atoms with Gasteiger partial charge in [0.15, 0.2) is 0 Å². The second-order valence-corrected chi connectivity index (χ2v) is 6.02. The van der Waals surface area contributed by atoms with Gasteiger partial charge in [-0.2, -0.15) is 0 Å². The molecule has 0 heterocycles. The van der Waals surface area contributed by atoms with Crippen LogP contribution in [0.3, 0.4) is 0 Å². The number of alkyl halides is 1. The van der Waals surface area contributed by atoms with E-state index in [-0.39, 0.29) is 0 Å². The van der Waals surface area contributed by atoms with Gasteiger partial charge < -0.3 is 0 Å². The fraction of sp³-hybridized carbons (Fsp3) is 1.00. The van der Waals surface area contributed by atoms with Gasteiger partial charge in [0.2, 0.25) is 0 Å². The maximum absolute atomic E-state index is 3.83. The highest BCUT2D eigenvalue weighted by Gasteiger charge is 2.22. The van der Waals surface area contributed by atoms with Crippen LogP contribution in [0.5, 0.6) is 0 Å². The van der Waals surface area contributed by atoms with Gasteiger partial charge >= 0.3 is 0 Å². The maximum atomic E-state index is 3.83. The van der Waals surface area contributed by atoms with E-state index >= 15 is 0 Å². The largest absolute Gasteiger partial charge is 0.0888 e. The summed E-state index contributed by atoms with van der Waals surface area (Å²) in [6.45, 7) is 4.62. The van der Waals surface area contributed by atoms with Crippen LogP contribution in [0, 0.1) is 11.8 Å². The highest BCUT2D eigenvalue weighted by molar-refractivity contribution is 9.09. The smallest absolute Gasteiger partial charge is 0.0171 e. The Kier molecular flexibility index (Phi) is 6.16. The van der Waals surface area contributed by atoms with Crippen LogP contribution in [0.1, 0.15) is 65.2 Å². The van der Waals surface area contributed by atoms with Crippen LogP contribution < -0.4 is 0 Å². The molecule has 3 atom stereocenters. The molecule has 0 spiro atoms. The van der Waals surface area contributed by atoms with Gasteiger partial charge in [-0.1, -0.05) is 61.9 Å². The number of rotatable bonds is 4. The lowest BCUT2D eigenvalue weighted by Crippen LogP contribution is -2.12. The van der Waals surface area contributed by atoms with Crippen molar-refractivity contribution >= 4 is 15.9 Å². The number of hydrogen-bond donors (Lipinski definition) is 0. The summed E-state index contributed by atoms with van der Waals surface area (Å²) < 4.78 is 0. The van der Waals surface area contributed by atoms with Crippen LogP contribution >= 0.6 is 15.9 Å². The predicted octanol–water partition coefficient (Wildman–Crippen LogP) is 5.16. The van der Waals surface area contributed by atoms with E-state index in [2.05, 4.69) is 29.8 Å². The van der Waals surface area contributed by atoms with Crippen LogP contribution in [-0.4, -0.2) is 4.83 Å². The Labute approximate surface area is 98.0 Å². The van der Waals surface area contributed by atoms with Gasteiger partial charge in [-0.05, 0) is 31.1 Å². The van der Waals surface area contributed by atoms with Gasteiger partial charge in [0, 0.05) is 4.83 Å². The quantitative estimate of drug-likeness (QED) is 0.484. The molecule has 0 aromatic rings. The van der Waals surface area contributed by atoms with E-state index in [0.717, 1.165) is 16.7 Å². The van der Waals surface area contributed by atoms with Crippen molar-refractivity contribution in [3.05, 3.63) is 0 Å². The summed E-state index contributed by atoms with van der Waals surface area (Å²) in [4.78, 5) is 0.780. The molecule has 0 aromatic heterocycles. The standard InChI is InChI=1S/C13H25Br/c1-3-6-11-7-5-8-12(10-9-11)13(14)4-2/h11-13H,3-10H2,1-2H3. The second-order valence-electron chi connectivity index (χ2n) is 4.85. The molecule has 3 unspecified atom stereocenters. The average molecular weight is 261 g/mol. The summed E-state index contributed by atoms with van der Waals surface area (Å²) in [5.74, 6) is 2.00. The van der Waals surface area contributed by atoms with Crippen molar-refractivity contribution in [2.75, 3.05) is 0 Å². The highest BCUT2D eigenvalue weighted by atomic mass is 79.9. The molecule has 0 amide bonds. The summed E-state index contributed by atoms with van der Waals surface area (Å²) >= 11 is 3.83. The van der Waals surface area contributed by atoms with Crippen molar-refractivity contribution < 1.29 is 0 Å². The molecule has 1 aliphatic carbocycles. The molecule has 14 heavy (non-hydrogen) atoms. The lowest BCUT2D eigenvalue weighted by atomic mass is 9.93. The first-order chi connectivity index (χ1) is 6.77. The SMILES string of the molecule is CCCC1CCCC(C(Br)CC)CC1.